The molecule has 9 nitrogen and oxygen atoms in total. The number of nitrogens with two attached hydrogens (primary N) is 1. The highest BCUT2D eigenvalue weighted by Gasteiger charge is 2.51. The number of urea groups is 1. The number of anilines is 1. The van der Waals surface area contributed by atoms with E-state index in [1.165, 1.54) is 5.01 Å². The lowest BCUT2D eigenvalue weighted by Gasteiger charge is -2.45. The molecule has 3 aromatic carbocycles. The summed E-state index contributed by atoms with van der Waals surface area (Å²) in [6.07, 6.45) is -0.0865. The van der Waals surface area contributed by atoms with Crippen molar-refractivity contribution >= 4 is 34.3 Å². The number of hydrogen-bond donors (Lipinski definition) is 2. The van der Waals surface area contributed by atoms with Gasteiger partial charge in [-0.1, -0.05) is 54.6 Å². The maximum absolute atomic E-state index is 13.9. The first-order valence-corrected chi connectivity index (χ1v) is 12.0. The summed E-state index contributed by atoms with van der Waals surface area (Å²) in [6.45, 7) is 0.740. The van der Waals surface area contributed by atoms with Crippen molar-refractivity contribution in [2.24, 2.45) is 0 Å². The molecular weight excluding hydrogens is 456 g/mol. The van der Waals surface area contributed by atoms with Gasteiger partial charge in [-0.3, -0.25) is 14.6 Å². The number of nitrogens with one attached hydrogen (secondary N) is 1. The Morgan fingerprint density at radius 2 is 1.78 bits per heavy atom. The summed E-state index contributed by atoms with van der Waals surface area (Å²) in [7, 11) is 3.19. The lowest BCUT2D eigenvalue weighted by molar-refractivity contribution is -0.157. The average Bonchev–Trinajstić information content (AvgIpc) is 3.22. The predicted molar refractivity (Wildman–Crippen MR) is 137 cm³/mol. The first-order valence-electron chi connectivity index (χ1n) is 12.0. The van der Waals surface area contributed by atoms with Gasteiger partial charge in [-0.2, -0.15) is 5.01 Å². The van der Waals surface area contributed by atoms with E-state index in [1.54, 1.807) is 36.1 Å². The van der Waals surface area contributed by atoms with Crippen LogP contribution in [-0.2, 0) is 22.6 Å². The lowest BCUT2D eigenvalue weighted by Crippen LogP contribution is -2.65. The topological polar surface area (TPSA) is 102 Å². The van der Waals surface area contributed by atoms with Gasteiger partial charge in [0.15, 0.2) is 0 Å². The predicted octanol–water partition coefficient (Wildman–Crippen LogP) is 2.03. The Morgan fingerprint density at radius 1 is 1.06 bits per heavy atom. The van der Waals surface area contributed by atoms with Gasteiger partial charge >= 0.3 is 6.03 Å². The Kier molecular flexibility index (Phi) is 6.24. The molecule has 0 bridgehead atoms. The van der Waals surface area contributed by atoms with E-state index >= 15 is 0 Å². The van der Waals surface area contributed by atoms with Crippen LogP contribution in [0.25, 0.3) is 10.8 Å². The molecule has 0 saturated carbocycles. The Bertz CT molecular complexity index is 1310. The number of amides is 4. The summed E-state index contributed by atoms with van der Waals surface area (Å²) in [5.41, 5.74) is 8.44. The highest BCUT2D eigenvalue weighted by atomic mass is 16.2. The first kappa shape index (κ1) is 23.6. The van der Waals surface area contributed by atoms with Gasteiger partial charge in [-0.15, -0.1) is 0 Å². The van der Waals surface area contributed by atoms with Gasteiger partial charge in [0.05, 0.1) is 13.1 Å². The van der Waals surface area contributed by atoms with Crippen LogP contribution >= 0.6 is 0 Å². The maximum atomic E-state index is 13.9. The van der Waals surface area contributed by atoms with Gasteiger partial charge in [-0.25, -0.2) is 4.79 Å². The fourth-order valence-corrected chi connectivity index (χ4v) is 5.24. The SMILES string of the molecule is CNC(=O)N(C)N1CC(=O)N2[C@@H](Cc3ccc(N)cc3)C(=O)N(Cc3cccc4ccccc34)C[C@@H]21. The smallest absolute Gasteiger partial charge is 0.331 e. The minimum atomic E-state index is -0.682. The normalized spacial score (nSPS) is 20.1. The number of nitrogens with zero attached hydrogens (tertiary/aromatic N) is 4. The van der Waals surface area contributed by atoms with Crippen LogP contribution in [0.3, 0.4) is 0 Å². The molecule has 2 fully saturated rings. The van der Waals surface area contributed by atoms with Gasteiger partial charge in [0.2, 0.25) is 11.8 Å². The second-order valence-corrected chi connectivity index (χ2v) is 9.28. The maximum Gasteiger partial charge on any atom is 0.331 e. The third kappa shape index (κ3) is 4.22. The van der Waals surface area contributed by atoms with Crippen molar-refractivity contribution in [3.05, 3.63) is 77.9 Å². The summed E-state index contributed by atoms with van der Waals surface area (Å²) < 4.78 is 0. The molecular formula is C27H30N6O3. The zero-order valence-electron chi connectivity index (χ0n) is 20.4. The molecule has 2 saturated heterocycles. The first-order chi connectivity index (χ1) is 17.4. The van der Waals surface area contributed by atoms with E-state index in [4.69, 9.17) is 5.73 Å². The van der Waals surface area contributed by atoms with Crippen molar-refractivity contribution in [1.29, 1.82) is 0 Å². The number of nitrogen functional groups attached to an aromatic ring is 1. The molecule has 0 radical (unpaired) electrons. The third-order valence-corrected chi connectivity index (χ3v) is 7.11. The Hall–Kier alpha value is -4.11. The summed E-state index contributed by atoms with van der Waals surface area (Å²) in [4.78, 5) is 43.0. The fraction of sp³-hybridized carbons (Fsp3) is 0.296. The molecule has 3 N–H and O–H groups in total. The molecule has 4 amide bonds. The van der Waals surface area contributed by atoms with Crippen LogP contribution < -0.4 is 11.1 Å². The minimum absolute atomic E-state index is 0.0300. The van der Waals surface area contributed by atoms with Gasteiger partial charge in [0.25, 0.3) is 0 Å². The van der Waals surface area contributed by atoms with Gasteiger partial charge < -0.3 is 20.9 Å². The highest BCUT2D eigenvalue weighted by Crippen LogP contribution is 2.31. The molecule has 0 spiro atoms. The molecule has 186 valence electrons. The van der Waals surface area contributed by atoms with Crippen molar-refractivity contribution < 1.29 is 14.4 Å². The van der Waals surface area contributed by atoms with Crippen molar-refractivity contribution in [2.75, 3.05) is 32.9 Å². The van der Waals surface area contributed by atoms with E-state index in [0.29, 0.717) is 25.2 Å². The number of hydrazine groups is 1. The molecule has 9 heteroatoms. The number of rotatable bonds is 5. The van der Waals surface area contributed by atoms with Crippen molar-refractivity contribution in [3.8, 4) is 0 Å². The van der Waals surface area contributed by atoms with Gasteiger partial charge in [0, 0.05) is 32.7 Å². The quantitative estimate of drug-likeness (QED) is 0.538. The molecule has 3 aromatic rings. The third-order valence-electron chi connectivity index (χ3n) is 7.11. The second-order valence-electron chi connectivity index (χ2n) is 9.28. The highest BCUT2D eigenvalue weighted by molar-refractivity contribution is 5.92. The molecule has 0 aliphatic carbocycles. The number of carbonyl (C=O) groups is 3. The Labute approximate surface area is 210 Å². The van der Waals surface area contributed by atoms with Crippen LogP contribution in [-0.4, -0.2) is 77.1 Å². The standard InChI is InChI=1S/C27H30N6O3/c1-29-27(36)30(2)32-17-25(34)33-23(14-18-10-12-21(28)13-11-18)26(35)31(16-24(32)33)15-20-8-5-7-19-6-3-4-9-22(19)20/h3-13,23-24H,14-17,28H2,1-2H3,(H,29,36)/t23-,24+/m0/s1. The Balaban J connectivity index is 1.51. The average molecular weight is 487 g/mol. The van der Waals surface area contributed by atoms with E-state index in [9.17, 15) is 14.4 Å². The molecule has 0 aromatic heterocycles. The van der Waals surface area contributed by atoms with E-state index in [1.807, 2.05) is 41.3 Å². The summed E-state index contributed by atoms with van der Waals surface area (Å²) in [5.74, 6) is -0.275. The van der Waals surface area contributed by atoms with Gasteiger partial charge in [0.1, 0.15) is 12.2 Å². The van der Waals surface area contributed by atoms with Crippen LogP contribution in [0.2, 0.25) is 0 Å². The summed E-state index contributed by atoms with van der Waals surface area (Å²) in [5, 5.41) is 7.97. The van der Waals surface area contributed by atoms with E-state index in [0.717, 1.165) is 21.9 Å². The molecule has 2 heterocycles. The zero-order chi connectivity index (χ0) is 25.4. The second kappa shape index (κ2) is 9.50. The van der Waals surface area contributed by atoms with E-state index in [2.05, 4.69) is 23.5 Å². The number of benzene rings is 3. The molecule has 2 aliphatic heterocycles. The lowest BCUT2D eigenvalue weighted by atomic mass is 9.99. The van der Waals surface area contributed by atoms with Gasteiger partial charge in [-0.05, 0) is 34.0 Å². The molecule has 2 atom stereocenters. The Morgan fingerprint density at radius 3 is 2.53 bits per heavy atom. The fourth-order valence-electron chi connectivity index (χ4n) is 5.24. The summed E-state index contributed by atoms with van der Waals surface area (Å²) >= 11 is 0. The van der Waals surface area contributed by atoms with Crippen LogP contribution in [0.5, 0.6) is 0 Å². The van der Waals surface area contributed by atoms with Crippen molar-refractivity contribution in [1.82, 2.24) is 25.1 Å². The number of carbonyl (C=O) groups excluding carboxylic acids is 3. The van der Waals surface area contributed by atoms with Crippen LogP contribution in [0.1, 0.15) is 11.1 Å². The molecule has 5 rings (SSSR count). The van der Waals surface area contributed by atoms with Crippen molar-refractivity contribution in [2.45, 2.75) is 25.2 Å². The van der Waals surface area contributed by atoms with E-state index < -0.39 is 12.2 Å². The molecule has 0 unspecified atom stereocenters. The van der Waals surface area contributed by atoms with Crippen LogP contribution in [0.15, 0.2) is 66.7 Å². The minimum Gasteiger partial charge on any atom is -0.399 e. The van der Waals surface area contributed by atoms with Crippen molar-refractivity contribution in [3.63, 3.8) is 0 Å². The van der Waals surface area contributed by atoms with Crippen LogP contribution in [0.4, 0.5) is 10.5 Å². The molecule has 2 aliphatic rings. The van der Waals surface area contributed by atoms with E-state index in [-0.39, 0.29) is 24.4 Å². The number of piperazine rings is 1. The monoisotopic (exact) mass is 486 g/mol. The molecule has 36 heavy (non-hydrogen) atoms. The number of hydrogen-bond acceptors (Lipinski definition) is 5. The largest absolute Gasteiger partial charge is 0.399 e. The number of fused-ring (bicyclic) bond motifs is 2. The van der Waals surface area contributed by atoms with Crippen LogP contribution in [0, 0.1) is 0 Å². The zero-order valence-corrected chi connectivity index (χ0v) is 20.4. The summed E-state index contributed by atoms with van der Waals surface area (Å²) in [6, 6.07) is 20.5.